The SMILES string of the molecule is O=C(O)c1cc(NC(=O)c2c(F)cccc2F)n[nH]1. The number of aromatic amines is 1. The maximum Gasteiger partial charge on any atom is 0.353 e. The van der Waals surface area contributed by atoms with Gasteiger partial charge in [0.25, 0.3) is 5.91 Å². The molecule has 0 radical (unpaired) electrons. The number of carbonyl (C=O) groups is 2. The number of amides is 1. The second kappa shape index (κ2) is 4.84. The van der Waals surface area contributed by atoms with Gasteiger partial charge in [-0.3, -0.25) is 9.89 Å². The number of nitrogens with one attached hydrogen (secondary N) is 2. The highest BCUT2D eigenvalue weighted by atomic mass is 19.1. The zero-order chi connectivity index (χ0) is 14.0. The van der Waals surface area contributed by atoms with Crippen LogP contribution in [0.15, 0.2) is 24.3 Å². The molecule has 1 heterocycles. The number of carboxylic acids is 1. The predicted molar refractivity (Wildman–Crippen MR) is 59.9 cm³/mol. The van der Waals surface area contributed by atoms with Crippen molar-refractivity contribution < 1.29 is 23.5 Å². The van der Waals surface area contributed by atoms with E-state index in [2.05, 4.69) is 15.5 Å². The van der Waals surface area contributed by atoms with E-state index < -0.39 is 29.1 Å². The molecule has 0 saturated heterocycles. The third-order valence-corrected chi connectivity index (χ3v) is 2.24. The number of hydrogen-bond donors (Lipinski definition) is 3. The Labute approximate surface area is 105 Å². The number of H-pyrrole nitrogens is 1. The molecule has 1 aromatic heterocycles. The summed E-state index contributed by atoms with van der Waals surface area (Å²) >= 11 is 0. The molecule has 1 amide bonds. The van der Waals surface area contributed by atoms with Crippen LogP contribution in [-0.4, -0.2) is 27.2 Å². The smallest absolute Gasteiger partial charge is 0.353 e. The minimum Gasteiger partial charge on any atom is -0.477 e. The molecule has 6 nitrogen and oxygen atoms in total. The summed E-state index contributed by atoms with van der Waals surface area (Å²) in [5.41, 5.74) is -1.02. The highest BCUT2D eigenvalue weighted by molar-refractivity contribution is 6.04. The van der Waals surface area contributed by atoms with Crippen molar-refractivity contribution in [3.8, 4) is 0 Å². The summed E-state index contributed by atoms with van der Waals surface area (Å²) in [5, 5.41) is 16.3. The van der Waals surface area contributed by atoms with Crippen molar-refractivity contribution in [3.63, 3.8) is 0 Å². The van der Waals surface area contributed by atoms with Crippen molar-refractivity contribution in [2.24, 2.45) is 0 Å². The van der Waals surface area contributed by atoms with Crippen LogP contribution < -0.4 is 5.32 Å². The summed E-state index contributed by atoms with van der Waals surface area (Å²) < 4.78 is 26.6. The number of anilines is 1. The van der Waals surface area contributed by atoms with E-state index in [0.717, 1.165) is 24.3 Å². The van der Waals surface area contributed by atoms with Crippen LogP contribution in [0.1, 0.15) is 20.8 Å². The first-order valence-corrected chi connectivity index (χ1v) is 5.03. The number of aromatic nitrogens is 2. The molecule has 19 heavy (non-hydrogen) atoms. The first-order chi connectivity index (χ1) is 8.99. The van der Waals surface area contributed by atoms with Gasteiger partial charge in [-0.05, 0) is 12.1 Å². The summed E-state index contributed by atoms with van der Waals surface area (Å²) in [6.07, 6.45) is 0. The van der Waals surface area contributed by atoms with Crippen LogP contribution in [0.25, 0.3) is 0 Å². The molecule has 2 rings (SSSR count). The molecule has 3 N–H and O–H groups in total. The normalized spacial score (nSPS) is 10.2. The van der Waals surface area contributed by atoms with Gasteiger partial charge in [0.1, 0.15) is 22.9 Å². The fraction of sp³-hybridized carbons (Fsp3) is 0. The van der Waals surface area contributed by atoms with Crippen molar-refractivity contribution in [1.29, 1.82) is 0 Å². The standard InChI is InChI=1S/C11H7F2N3O3/c12-5-2-1-3-6(13)9(5)10(17)14-8-4-7(11(18)19)15-16-8/h1-4H,(H,18,19)(H2,14,15,16,17). The molecular formula is C11H7F2N3O3. The molecule has 0 unspecified atom stereocenters. The fourth-order valence-corrected chi connectivity index (χ4v) is 1.39. The molecule has 0 aliphatic rings. The van der Waals surface area contributed by atoms with Crippen LogP contribution in [0.2, 0.25) is 0 Å². The highest BCUT2D eigenvalue weighted by Crippen LogP contribution is 2.14. The lowest BCUT2D eigenvalue weighted by molar-refractivity contribution is 0.0690. The number of benzene rings is 1. The summed E-state index contributed by atoms with van der Waals surface area (Å²) in [5.74, 6) is -4.52. The van der Waals surface area contributed by atoms with Gasteiger partial charge >= 0.3 is 5.97 Å². The fourth-order valence-electron chi connectivity index (χ4n) is 1.39. The lowest BCUT2D eigenvalue weighted by Gasteiger charge is -2.03. The lowest BCUT2D eigenvalue weighted by Crippen LogP contribution is -2.16. The number of carboxylic acid groups (broad SMARTS) is 1. The van der Waals surface area contributed by atoms with Crippen LogP contribution in [0.4, 0.5) is 14.6 Å². The van der Waals surface area contributed by atoms with Crippen LogP contribution in [0.3, 0.4) is 0 Å². The monoisotopic (exact) mass is 267 g/mol. The van der Waals surface area contributed by atoms with Gasteiger partial charge in [-0.2, -0.15) is 5.10 Å². The zero-order valence-electron chi connectivity index (χ0n) is 9.28. The number of carbonyl (C=O) groups excluding carboxylic acids is 1. The molecular weight excluding hydrogens is 260 g/mol. The topological polar surface area (TPSA) is 95.1 Å². The van der Waals surface area contributed by atoms with Crippen LogP contribution in [0, 0.1) is 11.6 Å². The van der Waals surface area contributed by atoms with Crippen LogP contribution in [-0.2, 0) is 0 Å². The van der Waals surface area contributed by atoms with E-state index in [0.29, 0.717) is 0 Å². The minimum atomic E-state index is -1.27. The second-order valence-electron chi connectivity index (χ2n) is 3.52. The Morgan fingerprint density at radius 1 is 1.26 bits per heavy atom. The first kappa shape index (κ1) is 12.7. The number of halogens is 2. The molecule has 0 aliphatic carbocycles. The van der Waals surface area contributed by atoms with Gasteiger partial charge in [0.15, 0.2) is 5.82 Å². The van der Waals surface area contributed by atoms with Gasteiger partial charge in [0.05, 0.1) is 0 Å². The highest BCUT2D eigenvalue weighted by Gasteiger charge is 2.18. The van der Waals surface area contributed by atoms with Crippen molar-refractivity contribution in [3.05, 3.63) is 47.2 Å². The Morgan fingerprint density at radius 3 is 2.42 bits per heavy atom. The molecule has 2 aromatic rings. The van der Waals surface area contributed by atoms with Gasteiger partial charge < -0.3 is 10.4 Å². The minimum absolute atomic E-state index is 0.148. The van der Waals surface area contributed by atoms with Gasteiger partial charge in [0, 0.05) is 6.07 Å². The van der Waals surface area contributed by atoms with E-state index in [1.165, 1.54) is 0 Å². The average Bonchev–Trinajstić information content (AvgIpc) is 2.77. The predicted octanol–water partition coefficient (Wildman–Crippen LogP) is 1.64. The lowest BCUT2D eigenvalue weighted by atomic mass is 10.2. The molecule has 98 valence electrons. The Balaban J connectivity index is 2.23. The van der Waals surface area contributed by atoms with Gasteiger partial charge in [-0.15, -0.1) is 0 Å². The Kier molecular flexibility index (Phi) is 3.23. The van der Waals surface area contributed by atoms with E-state index >= 15 is 0 Å². The number of hydrogen-bond acceptors (Lipinski definition) is 3. The summed E-state index contributed by atoms with van der Waals surface area (Å²) in [4.78, 5) is 22.2. The van der Waals surface area contributed by atoms with Crippen LogP contribution in [0.5, 0.6) is 0 Å². The molecule has 0 fully saturated rings. The molecule has 0 bridgehead atoms. The van der Waals surface area contributed by atoms with E-state index in [4.69, 9.17) is 5.11 Å². The molecule has 0 aliphatic heterocycles. The van der Waals surface area contributed by atoms with Crippen molar-refractivity contribution in [1.82, 2.24) is 10.2 Å². The molecule has 1 aromatic carbocycles. The van der Waals surface area contributed by atoms with E-state index in [9.17, 15) is 18.4 Å². The zero-order valence-corrected chi connectivity index (χ0v) is 9.28. The Morgan fingerprint density at radius 2 is 1.89 bits per heavy atom. The van der Waals surface area contributed by atoms with Gasteiger partial charge in [0.2, 0.25) is 0 Å². The van der Waals surface area contributed by atoms with Crippen molar-refractivity contribution in [2.75, 3.05) is 5.32 Å². The van der Waals surface area contributed by atoms with Crippen molar-refractivity contribution >= 4 is 17.7 Å². The summed E-state index contributed by atoms with van der Waals surface area (Å²) in [7, 11) is 0. The Hall–Kier alpha value is -2.77. The van der Waals surface area contributed by atoms with Crippen molar-refractivity contribution in [2.45, 2.75) is 0 Å². The largest absolute Gasteiger partial charge is 0.477 e. The Bertz CT molecular complexity index is 634. The molecule has 0 spiro atoms. The number of rotatable bonds is 3. The molecule has 0 saturated carbocycles. The van der Waals surface area contributed by atoms with Gasteiger partial charge in [-0.1, -0.05) is 6.07 Å². The third-order valence-electron chi connectivity index (χ3n) is 2.24. The van der Waals surface area contributed by atoms with E-state index in [1.54, 1.807) is 0 Å². The number of nitrogens with zero attached hydrogens (tertiary/aromatic N) is 1. The van der Waals surface area contributed by atoms with E-state index in [1.807, 2.05) is 0 Å². The van der Waals surface area contributed by atoms with Crippen LogP contribution >= 0.6 is 0 Å². The van der Waals surface area contributed by atoms with E-state index in [-0.39, 0.29) is 11.5 Å². The quantitative estimate of drug-likeness (QED) is 0.787. The maximum absolute atomic E-state index is 13.3. The average molecular weight is 267 g/mol. The maximum atomic E-state index is 13.3. The summed E-state index contributed by atoms with van der Waals surface area (Å²) in [6.45, 7) is 0. The first-order valence-electron chi connectivity index (χ1n) is 5.03. The summed E-state index contributed by atoms with van der Waals surface area (Å²) in [6, 6.07) is 4.02. The molecule has 0 atom stereocenters. The third kappa shape index (κ3) is 2.57. The molecule has 8 heteroatoms. The number of aromatic carboxylic acids is 1. The van der Waals surface area contributed by atoms with Gasteiger partial charge in [-0.25, -0.2) is 13.6 Å². The second-order valence-corrected chi connectivity index (χ2v) is 3.52.